The summed E-state index contributed by atoms with van der Waals surface area (Å²) in [6.45, 7) is 0. The van der Waals surface area contributed by atoms with Gasteiger partial charge in [-0.15, -0.1) is 0 Å². The summed E-state index contributed by atoms with van der Waals surface area (Å²) in [5, 5.41) is 10.6. The summed E-state index contributed by atoms with van der Waals surface area (Å²) >= 11 is 2.30. The zero-order valence-electron chi connectivity index (χ0n) is 9.61. The van der Waals surface area contributed by atoms with Gasteiger partial charge in [-0.3, -0.25) is 0 Å². The Balaban J connectivity index is 2.35. The first-order valence-electron chi connectivity index (χ1n) is 5.60. The van der Waals surface area contributed by atoms with Crippen LogP contribution in [-0.4, -0.2) is 9.94 Å². The molecule has 1 aliphatic heterocycles. The average Bonchev–Trinajstić information content (AvgIpc) is 2.38. The molecule has 2 nitrogen and oxygen atoms in total. The van der Waals surface area contributed by atoms with Crippen molar-refractivity contribution in [3.05, 3.63) is 59.7 Å². The van der Waals surface area contributed by atoms with Crippen LogP contribution in [0.2, 0.25) is 0 Å². The predicted octanol–water partition coefficient (Wildman–Crippen LogP) is 4.02. The van der Waals surface area contributed by atoms with Crippen molar-refractivity contribution in [3.63, 3.8) is 0 Å². The monoisotopic (exact) mass is 326 g/mol. The number of hydrogen-bond acceptors (Lipinski definition) is 2. The van der Waals surface area contributed by atoms with E-state index in [1.807, 2.05) is 0 Å². The molecule has 0 radical (unpaired) electrons. The highest BCUT2D eigenvalue weighted by molar-refractivity contribution is 9.10. The average molecular weight is 327 g/mol. The maximum Gasteiger partial charge on any atom is 0.337 e. The number of fused-ring (bicyclic) bond motifs is 2. The van der Waals surface area contributed by atoms with E-state index in [0.29, 0.717) is 0 Å². The van der Waals surface area contributed by atoms with E-state index < -0.39 is 10.4 Å². The predicted molar refractivity (Wildman–Crippen MR) is 69.8 cm³/mol. The van der Waals surface area contributed by atoms with E-state index in [9.17, 15) is 13.9 Å². The van der Waals surface area contributed by atoms with Gasteiger partial charge in [0.2, 0.25) is 0 Å². The number of rotatable bonds is 1. The molecule has 1 heterocycles. The summed E-state index contributed by atoms with van der Waals surface area (Å²) in [6.07, 6.45) is 0. The lowest BCUT2D eigenvalue weighted by molar-refractivity contribution is -0.0973. The van der Waals surface area contributed by atoms with Gasteiger partial charge in [0.05, 0.1) is 0 Å². The molecule has 98 valence electrons. The first-order chi connectivity index (χ1) is 8.94. The molecule has 0 amide bonds. The fourth-order valence-electron chi connectivity index (χ4n) is 2.28. The van der Waals surface area contributed by atoms with E-state index in [-0.39, 0.29) is 22.6 Å². The van der Waals surface area contributed by atoms with Crippen molar-refractivity contribution in [1.29, 1.82) is 0 Å². The summed E-state index contributed by atoms with van der Waals surface area (Å²) in [5.41, 5.74) is -2.38. The van der Waals surface area contributed by atoms with Gasteiger partial charge in [0.15, 0.2) is 5.60 Å². The Hall–Kier alpha value is -1.46. The van der Waals surface area contributed by atoms with Crippen molar-refractivity contribution in [3.8, 4) is 11.5 Å². The lowest BCUT2D eigenvalue weighted by Gasteiger charge is -2.38. The van der Waals surface area contributed by atoms with Crippen LogP contribution in [0.3, 0.4) is 0 Å². The molecule has 2 aromatic rings. The summed E-state index contributed by atoms with van der Waals surface area (Å²) in [4.78, 5) is -3.52. The van der Waals surface area contributed by atoms with E-state index in [4.69, 9.17) is 4.74 Å². The van der Waals surface area contributed by atoms with Crippen LogP contribution in [0.1, 0.15) is 11.1 Å². The van der Waals surface area contributed by atoms with Crippen LogP contribution in [-0.2, 0) is 5.60 Å². The van der Waals surface area contributed by atoms with E-state index in [2.05, 4.69) is 15.9 Å². The topological polar surface area (TPSA) is 29.5 Å². The first kappa shape index (κ1) is 12.6. The summed E-state index contributed by atoms with van der Waals surface area (Å²) in [7, 11) is 0. The second-order valence-corrected chi connectivity index (χ2v) is 5.30. The molecular weight excluding hydrogens is 318 g/mol. The summed E-state index contributed by atoms with van der Waals surface area (Å²) in [6, 6.07) is 12.5. The largest absolute Gasteiger partial charge is 0.457 e. The summed E-state index contributed by atoms with van der Waals surface area (Å²) < 4.78 is 33.5. The van der Waals surface area contributed by atoms with Crippen LogP contribution in [0.15, 0.2) is 48.5 Å². The van der Waals surface area contributed by atoms with Gasteiger partial charge in [-0.25, -0.2) is 0 Å². The zero-order chi connectivity index (χ0) is 13.7. The maximum atomic E-state index is 14.0. The van der Waals surface area contributed by atoms with Gasteiger partial charge in [-0.2, -0.15) is 8.78 Å². The van der Waals surface area contributed by atoms with Gasteiger partial charge in [0.1, 0.15) is 11.5 Å². The second-order valence-electron chi connectivity index (χ2n) is 4.30. The molecular formula is C14H9BrF2O2. The molecule has 0 bridgehead atoms. The van der Waals surface area contributed by atoms with Crippen molar-refractivity contribution >= 4 is 15.9 Å². The first-order valence-corrected chi connectivity index (χ1v) is 6.40. The molecule has 0 atom stereocenters. The smallest absolute Gasteiger partial charge is 0.337 e. The molecule has 0 aromatic heterocycles. The van der Waals surface area contributed by atoms with Crippen molar-refractivity contribution in [2.24, 2.45) is 0 Å². The van der Waals surface area contributed by atoms with E-state index >= 15 is 0 Å². The fraction of sp³-hybridized carbons (Fsp3) is 0.143. The fourth-order valence-corrected chi connectivity index (χ4v) is 2.71. The lowest BCUT2D eigenvalue weighted by atomic mass is 9.83. The van der Waals surface area contributed by atoms with Crippen LogP contribution in [0.25, 0.3) is 0 Å². The number of benzene rings is 2. The molecule has 2 aromatic carbocycles. The third kappa shape index (κ3) is 1.69. The Labute approximate surface area is 116 Å². The number of hydrogen-bond donors (Lipinski definition) is 1. The van der Waals surface area contributed by atoms with E-state index in [1.54, 1.807) is 36.4 Å². The van der Waals surface area contributed by atoms with E-state index in [0.717, 1.165) is 0 Å². The Bertz CT molecular complexity index is 592. The molecule has 1 aliphatic rings. The molecule has 3 rings (SSSR count). The molecule has 0 saturated heterocycles. The van der Waals surface area contributed by atoms with Gasteiger partial charge in [0, 0.05) is 11.1 Å². The van der Waals surface area contributed by atoms with Gasteiger partial charge >= 0.3 is 4.83 Å². The Kier molecular flexibility index (Phi) is 2.66. The molecule has 0 fully saturated rings. The molecule has 5 heteroatoms. The number of halogens is 3. The van der Waals surface area contributed by atoms with E-state index in [1.165, 1.54) is 12.1 Å². The minimum absolute atomic E-state index is 0.0376. The lowest BCUT2D eigenvalue weighted by Crippen LogP contribution is -2.44. The SMILES string of the molecule is OC1(C(F)(F)Br)c2ccccc2Oc2ccccc21. The maximum absolute atomic E-state index is 14.0. The Morgan fingerprint density at radius 3 is 1.79 bits per heavy atom. The normalized spacial score (nSPS) is 16.2. The number of aliphatic hydroxyl groups is 1. The summed E-state index contributed by atoms with van der Waals surface area (Å²) in [5.74, 6) is 0.450. The van der Waals surface area contributed by atoms with Gasteiger partial charge in [0.25, 0.3) is 0 Å². The third-order valence-electron chi connectivity index (χ3n) is 3.18. The quantitative estimate of drug-likeness (QED) is 0.802. The minimum Gasteiger partial charge on any atom is -0.457 e. The third-order valence-corrected chi connectivity index (χ3v) is 3.76. The molecule has 19 heavy (non-hydrogen) atoms. The van der Waals surface area contributed by atoms with Gasteiger partial charge in [-0.05, 0) is 28.1 Å². The van der Waals surface area contributed by atoms with Gasteiger partial charge in [-0.1, -0.05) is 36.4 Å². The second kappa shape index (κ2) is 4.02. The van der Waals surface area contributed by atoms with Crippen LogP contribution >= 0.6 is 15.9 Å². The highest BCUT2D eigenvalue weighted by Crippen LogP contribution is 2.55. The standard InChI is InChI=1S/C14H9BrF2O2/c15-14(16,17)13(18)9-5-1-3-7-11(9)19-12-8-4-2-6-10(12)13/h1-8,18H. The number of alkyl halides is 3. The minimum atomic E-state index is -3.52. The van der Waals surface area contributed by atoms with Crippen molar-refractivity contribution < 1.29 is 18.6 Å². The number of ether oxygens (including phenoxy) is 1. The van der Waals surface area contributed by atoms with Gasteiger partial charge < -0.3 is 9.84 Å². The van der Waals surface area contributed by atoms with Crippen molar-refractivity contribution in [1.82, 2.24) is 0 Å². The molecule has 0 aliphatic carbocycles. The highest BCUT2D eigenvalue weighted by Gasteiger charge is 2.57. The molecule has 0 unspecified atom stereocenters. The van der Waals surface area contributed by atoms with Crippen LogP contribution in [0, 0.1) is 0 Å². The van der Waals surface area contributed by atoms with Crippen molar-refractivity contribution in [2.75, 3.05) is 0 Å². The highest BCUT2D eigenvalue weighted by atomic mass is 79.9. The van der Waals surface area contributed by atoms with Crippen LogP contribution in [0.5, 0.6) is 11.5 Å². The Morgan fingerprint density at radius 2 is 1.37 bits per heavy atom. The molecule has 0 spiro atoms. The number of para-hydroxylation sites is 2. The molecule has 0 saturated carbocycles. The Morgan fingerprint density at radius 1 is 0.947 bits per heavy atom. The molecule has 1 N–H and O–H groups in total. The van der Waals surface area contributed by atoms with Crippen LogP contribution in [0.4, 0.5) is 8.78 Å². The zero-order valence-corrected chi connectivity index (χ0v) is 11.2. The van der Waals surface area contributed by atoms with Crippen LogP contribution < -0.4 is 4.74 Å². The van der Waals surface area contributed by atoms with Crippen molar-refractivity contribution in [2.45, 2.75) is 10.4 Å².